The van der Waals surface area contributed by atoms with Gasteiger partial charge in [-0.25, -0.2) is 5.10 Å². The fraction of sp³-hybridized carbons (Fsp3) is 0.0667. The highest BCUT2D eigenvalue weighted by atomic mass is 16.2. The van der Waals surface area contributed by atoms with Crippen molar-refractivity contribution >= 4 is 48.5 Å². The molecule has 1 N–H and O–H groups in total. The van der Waals surface area contributed by atoms with Crippen LogP contribution in [0.15, 0.2) is 107 Å². The van der Waals surface area contributed by atoms with Crippen LogP contribution in [0.3, 0.4) is 0 Å². The topological polar surface area (TPSA) is 85.6 Å². The molecular weight excluding hydrogens is 486 g/mol. The van der Waals surface area contributed by atoms with Crippen molar-refractivity contribution in [3.05, 3.63) is 130 Å². The second-order valence-electron chi connectivity index (χ2n) is 10.2. The van der Waals surface area contributed by atoms with Gasteiger partial charge in [-0.1, -0.05) is 90.5 Å². The molecule has 4 heterocycles. The number of benzene rings is 4. The quantitative estimate of drug-likeness (QED) is 0.370. The minimum absolute atomic E-state index is 0.00222. The van der Waals surface area contributed by atoms with Gasteiger partial charge in [-0.3, -0.25) is 14.5 Å². The van der Waals surface area contributed by atoms with E-state index in [4.69, 9.17) is 0 Å². The Kier molecular flexibility index (Phi) is 5.35. The van der Waals surface area contributed by atoms with E-state index in [1.165, 1.54) is 10.4 Å². The van der Waals surface area contributed by atoms with E-state index >= 15 is 0 Å². The van der Waals surface area contributed by atoms with E-state index in [0.717, 1.165) is 39.6 Å². The van der Waals surface area contributed by atoms with Gasteiger partial charge in [-0.05, 0) is 40.6 Å². The maximum atomic E-state index is 12.5. The molecule has 0 saturated carbocycles. The molecule has 0 aliphatic carbocycles. The average molecular weight is 509 g/mol. The molecule has 0 bridgehead atoms. The molecule has 4 aliphatic rings. The zero-order valence-corrected chi connectivity index (χ0v) is 21.0. The Hall–Kier alpha value is -4.75. The van der Waals surface area contributed by atoms with E-state index in [9.17, 15) is 14.6 Å². The van der Waals surface area contributed by atoms with Crippen molar-refractivity contribution in [2.75, 3.05) is 0 Å². The van der Waals surface area contributed by atoms with Crippen molar-refractivity contribution in [1.82, 2.24) is 9.84 Å². The fourth-order valence-corrected chi connectivity index (χ4v) is 6.09. The Morgan fingerprint density at radius 2 is 1.31 bits per heavy atom. The first-order valence-electron chi connectivity index (χ1n) is 13.0. The Balaban J connectivity index is 0.000000130. The van der Waals surface area contributed by atoms with Crippen LogP contribution in [0, 0.1) is 0 Å². The third kappa shape index (κ3) is 3.66. The highest BCUT2D eigenvalue weighted by Crippen LogP contribution is 2.29. The van der Waals surface area contributed by atoms with Gasteiger partial charge in [-0.2, -0.15) is 5.10 Å². The van der Waals surface area contributed by atoms with Crippen LogP contribution >= 0.6 is 0 Å². The third-order valence-corrected chi connectivity index (χ3v) is 8.02. The lowest BCUT2D eigenvalue weighted by atomic mass is 9.40. The SMILES string of the molecule is O=C1c2ccccc2CB2c3ccccc3C=NN21.O=C1c2ccccc2C[B-]2(O)c3ccccc3C=NN12. The largest absolute Gasteiger partial charge is 0.583 e. The van der Waals surface area contributed by atoms with Gasteiger partial charge in [0.05, 0.1) is 6.21 Å². The summed E-state index contributed by atoms with van der Waals surface area (Å²) in [5.74, 6) is -0.238. The van der Waals surface area contributed by atoms with E-state index in [1.807, 2.05) is 84.9 Å². The molecule has 4 aromatic rings. The molecule has 0 aromatic heterocycles. The Morgan fingerprint density at radius 1 is 0.692 bits per heavy atom. The van der Waals surface area contributed by atoms with E-state index in [-0.39, 0.29) is 18.7 Å². The Bertz CT molecular complexity index is 1720. The smallest absolute Gasteiger partial charge is 0.326 e. The predicted molar refractivity (Wildman–Crippen MR) is 154 cm³/mol. The van der Waals surface area contributed by atoms with Crippen molar-refractivity contribution in [3.8, 4) is 0 Å². The first kappa shape index (κ1) is 23.4. The minimum Gasteiger partial charge on any atom is -0.583 e. The lowest BCUT2D eigenvalue weighted by Crippen LogP contribution is -2.69. The van der Waals surface area contributed by atoms with Crippen molar-refractivity contribution < 1.29 is 14.6 Å². The van der Waals surface area contributed by atoms with Crippen molar-refractivity contribution in [3.63, 3.8) is 0 Å². The molecule has 9 heteroatoms. The van der Waals surface area contributed by atoms with Gasteiger partial charge in [0, 0.05) is 17.3 Å². The summed E-state index contributed by atoms with van der Waals surface area (Å²) in [4.78, 5) is 27.9. The fourth-order valence-electron chi connectivity index (χ4n) is 6.09. The molecule has 39 heavy (non-hydrogen) atoms. The zero-order valence-electron chi connectivity index (χ0n) is 21.0. The number of rotatable bonds is 0. The summed E-state index contributed by atoms with van der Waals surface area (Å²) >= 11 is 0. The molecule has 4 aromatic carbocycles. The number of hydrazone groups is 2. The van der Waals surface area contributed by atoms with Gasteiger partial charge in [-0.15, -0.1) is 11.8 Å². The van der Waals surface area contributed by atoms with Gasteiger partial charge in [0.2, 0.25) is 5.91 Å². The average Bonchev–Trinajstić information content (AvgIpc) is 2.98. The monoisotopic (exact) mass is 509 g/mol. The number of carbonyl (C=O) groups is 2. The molecule has 0 radical (unpaired) electrons. The van der Waals surface area contributed by atoms with E-state index in [1.54, 1.807) is 23.4 Å². The molecule has 0 fully saturated rings. The van der Waals surface area contributed by atoms with Gasteiger partial charge in [0.25, 0.3) is 12.4 Å². The lowest BCUT2D eigenvalue weighted by molar-refractivity contribution is 0.0824. The first-order chi connectivity index (χ1) is 19.0. The van der Waals surface area contributed by atoms with Crippen LogP contribution in [0.4, 0.5) is 0 Å². The highest BCUT2D eigenvalue weighted by molar-refractivity contribution is 6.86. The summed E-state index contributed by atoms with van der Waals surface area (Å²) in [6, 6.07) is 30.9. The van der Waals surface area contributed by atoms with E-state index in [0.29, 0.717) is 11.9 Å². The van der Waals surface area contributed by atoms with Crippen LogP contribution in [-0.4, -0.2) is 52.4 Å². The molecular formula is C30H23B2N4O3-. The second-order valence-corrected chi connectivity index (χ2v) is 10.2. The van der Waals surface area contributed by atoms with Crippen molar-refractivity contribution in [2.45, 2.75) is 12.6 Å². The third-order valence-electron chi connectivity index (χ3n) is 8.02. The second kappa shape index (κ2) is 8.92. The minimum atomic E-state index is -2.16. The number of nitrogens with zero attached hydrogens (tertiary/aromatic N) is 4. The summed E-state index contributed by atoms with van der Waals surface area (Å²) < 4.78 is 0. The number of amides is 2. The van der Waals surface area contributed by atoms with Gasteiger partial charge < -0.3 is 9.94 Å². The molecule has 1 unspecified atom stereocenters. The molecule has 188 valence electrons. The summed E-state index contributed by atoms with van der Waals surface area (Å²) in [5.41, 5.74) is 7.33. The number of hydrogen-bond acceptors (Lipinski definition) is 5. The van der Waals surface area contributed by atoms with Gasteiger partial charge in [0.1, 0.15) is 0 Å². The molecule has 4 aliphatic heterocycles. The molecule has 1 atom stereocenters. The summed E-state index contributed by atoms with van der Waals surface area (Å²) in [7, 11) is 0. The lowest BCUT2D eigenvalue weighted by Gasteiger charge is -2.50. The maximum absolute atomic E-state index is 12.5. The van der Waals surface area contributed by atoms with Gasteiger partial charge >= 0.3 is 6.85 Å². The predicted octanol–water partition coefficient (Wildman–Crippen LogP) is 2.38. The molecule has 0 saturated heterocycles. The van der Waals surface area contributed by atoms with Crippen LogP contribution in [-0.2, 0) is 12.6 Å². The van der Waals surface area contributed by atoms with Crippen LogP contribution in [0.5, 0.6) is 0 Å². The Morgan fingerprint density at radius 3 is 2.13 bits per heavy atom. The molecule has 8 rings (SSSR count). The van der Waals surface area contributed by atoms with Gasteiger partial charge in [0.15, 0.2) is 0 Å². The zero-order chi connectivity index (χ0) is 26.6. The summed E-state index contributed by atoms with van der Waals surface area (Å²) in [5, 5.41) is 19.6. The number of fused-ring (bicyclic) bond motifs is 8. The molecule has 0 spiro atoms. The number of carbonyl (C=O) groups excluding carboxylic acids is 2. The standard InChI is InChI=1S/C15H12BN2O2.C15H11BN2O/c19-15-13-7-3-1-5-11(13)9-16(20)14-8-4-2-6-12(14)10-17-18(15)16;19-15-13-7-3-1-5-11(13)9-16-14-8-4-2-6-12(14)10-17-18(15)16/h1-8,10,20H,9H2;1-8,10H,9H2/q-1;. The van der Waals surface area contributed by atoms with E-state index < -0.39 is 6.48 Å². The summed E-state index contributed by atoms with van der Waals surface area (Å²) in [6.45, 7) is -2.13. The Labute approximate surface area is 226 Å². The first-order valence-corrected chi connectivity index (χ1v) is 13.0. The van der Waals surface area contributed by atoms with Crippen LogP contribution in [0.1, 0.15) is 43.0 Å². The summed E-state index contributed by atoms with van der Waals surface area (Å²) in [6.07, 6.45) is 4.65. The highest BCUT2D eigenvalue weighted by Gasteiger charge is 2.43. The van der Waals surface area contributed by atoms with Crippen molar-refractivity contribution in [1.29, 1.82) is 0 Å². The molecule has 2 amide bonds. The van der Waals surface area contributed by atoms with Crippen molar-refractivity contribution in [2.24, 2.45) is 10.2 Å². The van der Waals surface area contributed by atoms with Crippen LogP contribution in [0.25, 0.3) is 0 Å². The van der Waals surface area contributed by atoms with E-state index in [2.05, 4.69) is 16.3 Å². The number of hydrogen-bond donors (Lipinski definition) is 1. The molecule has 7 nitrogen and oxygen atoms in total. The van der Waals surface area contributed by atoms with Crippen LogP contribution < -0.4 is 10.9 Å². The van der Waals surface area contributed by atoms with Crippen LogP contribution in [0.2, 0.25) is 0 Å². The normalized spacial score (nSPS) is 19.6. The maximum Gasteiger partial charge on any atom is 0.326 e.